The molecule has 5 heteroatoms. The number of hydrogen-bond acceptors (Lipinski definition) is 5. The summed E-state index contributed by atoms with van der Waals surface area (Å²) in [7, 11) is 1.75. The van der Waals surface area contributed by atoms with Crippen molar-refractivity contribution in [1.29, 1.82) is 0 Å². The summed E-state index contributed by atoms with van der Waals surface area (Å²) < 4.78 is 5.22. The molecule has 0 saturated heterocycles. The molecule has 0 spiro atoms. The zero-order valence-electron chi connectivity index (χ0n) is 12.8. The Morgan fingerprint density at radius 2 is 2.20 bits per heavy atom. The smallest absolute Gasteiger partial charge is 0.144 e. The van der Waals surface area contributed by atoms with E-state index in [0.29, 0.717) is 6.04 Å². The standard InChI is InChI=1S/C15H26N4O/c1-4-16-15-10-17-14(9-18-15)11-19(7-8-20-3)12(2)13-5-6-13/h9-10,12-13H,4-8,11H2,1-3H3,(H,16,18). The first-order valence-electron chi connectivity index (χ1n) is 7.52. The van der Waals surface area contributed by atoms with Gasteiger partial charge in [0.25, 0.3) is 0 Å². The molecule has 1 fully saturated rings. The number of nitrogens with one attached hydrogen (secondary N) is 1. The van der Waals surface area contributed by atoms with Gasteiger partial charge in [0, 0.05) is 32.8 Å². The highest BCUT2D eigenvalue weighted by molar-refractivity contribution is 5.30. The summed E-state index contributed by atoms with van der Waals surface area (Å²) >= 11 is 0. The molecule has 1 aromatic rings. The number of ether oxygens (including phenoxy) is 1. The van der Waals surface area contributed by atoms with Crippen LogP contribution >= 0.6 is 0 Å². The van der Waals surface area contributed by atoms with Crippen LogP contribution < -0.4 is 5.32 Å². The summed E-state index contributed by atoms with van der Waals surface area (Å²) in [5, 5.41) is 3.17. The van der Waals surface area contributed by atoms with Crippen LogP contribution in [-0.2, 0) is 11.3 Å². The molecule has 20 heavy (non-hydrogen) atoms. The second kappa shape index (κ2) is 7.55. The van der Waals surface area contributed by atoms with Crippen molar-refractivity contribution in [3.05, 3.63) is 18.1 Å². The molecule has 1 heterocycles. The highest BCUT2D eigenvalue weighted by Crippen LogP contribution is 2.35. The Balaban J connectivity index is 1.94. The third-order valence-electron chi connectivity index (χ3n) is 3.89. The van der Waals surface area contributed by atoms with Gasteiger partial charge in [-0.25, -0.2) is 4.98 Å². The fourth-order valence-corrected chi connectivity index (χ4v) is 2.43. The predicted octanol–water partition coefficient (Wildman–Crippen LogP) is 2.16. The van der Waals surface area contributed by atoms with E-state index in [1.165, 1.54) is 12.8 Å². The third-order valence-corrected chi connectivity index (χ3v) is 3.89. The number of nitrogens with zero attached hydrogens (tertiary/aromatic N) is 3. The maximum atomic E-state index is 5.22. The molecule has 1 saturated carbocycles. The Kier molecular flexibility index (Phi) is 5.73. The largest absolute Gasteiger partial charge is 0.383 e. The number of anilines is 1. The zero-order valence-corrected chi connectivity index (χ0v) is 12.8. The van der Waals surface area contributed by atoms with Gasteiger partial charge in [-0.2, -0.15) is 0 Å². The molecule has 1 aromatic heterocycles. The van der Waals surface area contributed by atoms with Gasteiger partial charge in [0.15, 0.2) is 0 Å². The van der Waals surface area contributed by atoms with Crippen molar-refractivity contribution < 1.29 is 4.74 Å². The van der Waals surface area contributed by atoms with Crippen molar-refractivity contribution in [2.45, 2.75) is 39.3 Å². The van der Waals surface area contributed by atoms with E-state index >= 15 is 0 Å². The SMILES string of the molecule is CCNc1cnc(CN(CCOC)C(C)C2CC2)cn1. The summed E-state index contributed by atoms with van der Waals surface area (Å²) in [6.07, 6.45) is 6.40. The van der Waals surface area contributed by atoms with Gasteiger partial charge in [0.1, 0.15) is 5.82 Å². The van der Waals surface area contributed by atoms with Crippen molar-refractivity contribution in [2.75, 3.05) is 32.1 Å². The van der Waals surface area contributed by atoms with Crippen LogP contribution in [0.3, 0.4) is 0 Å². The van der Waals surface area contributed by atoms with Crippen molar-refractivity contribution in [3.63, 3.8) is 0 Å². The number of hydrogen-bond donors (Lipinski definition) is 1. The molecule has 0 bridgehead atoms. The molecule has 1 unspecified atom stereocenters. The van der Waals surface area contributed by atoms with Gasteiger partial charge in [-0.15, -0.1) is 0 Å². The minimum absolute atomic E-state index is 0.598. The average Bonchev–Trinajstić information content (AvgIpc) is 3.29. The fourth-order valence-electron chi connectivity index (χ4n) is 2.43. The minimum atomic E-state index is 0.598. The van der Waals surface area contributed by atoms with E-state index in [2.05, 4.69) is 34.0 Å². The molecule has 112 valence electrons. The van der Waals surface area contributed by atoms with E-state index < -0.39 is 0 Å². The van der Waals surface area contributed by atoms with Crippen molar-refractivity contribution in [3.8, 4) is 0 Å². The van der Waals surface area contributed by atoms with Gasteiger partial charge >= 0.3 is 0 Å². The average molecular weight is 278 g/mol. The second-order valence-corrected chi connectivity index (χ2v) is 5.46. The second-order valence-electron chi connectivity index (χ2n) is 5.46. The van der Waals surface area contributed by atoms with Crippen LogP contribution in [0.1, 0.15) is 32.4 Å². The van der Waals surface area contributed by atoms with Crippen LogP contribution in [0.15, 0.2) is 12.4 Å². The molecule has 1 aliphatic rings. The first-order chi connectivity index (χ1) is 9.74. The van der Waals surface area contributed by atoms with Crippen LogP contribution in [-0.4, -0.2) is 47.7 Å². The van der Waals surface area contributed by atoms with Gasteiger partial charge in [-0.1, -0.05) is 0 Å². The quantitative estimate of drug-likeness (QED) is 0.750. The van der Waals surface area contributed by atoms with Crippen molar-refractivity contribution in [1.82, 2.24) is 14.9 Å². The van der Waals surface area contributed by atoms with E-state index in [9.17, 15) is 0 Å². The Morgan fingerprint density at radius 1 is 1.40 bits per heavy atom. The van der Waals surface area contributed by atoms with Gasteiger partial charge in [0.05, 0.1) is 24.7 Å². The normalized spacial score (nSPS) is 16.4. The minimum Gasteiger partial charge on any atom is -0.383 e. The topological polar surface area (TPSA) is 50.3 Å². The van der Waals surface area contributed by atoms with E-state index in [0.717, 1.165) is 43.7 Å². The third kappa shape index (κ3) is 4.42. The van der Waals surface area contributed by atoms with Crippen molar-refractivity contribution >= 4 is 5.82 Å². The van der Waals surface area contributed by atoms with Crippen LogP contribution in [0.2, 0.25) is 0 Å². The van der Waals surface area contributed by atoms with Crippen molar-refractivity contribution in [2.24, 2.45) is 5.92 Å². The molecule has 0 aliphatic heterocycles. The number of rotatable bonds is 9. The van der Waals surface area contributed by atoms with Gasteiger partial charge < -0.3 is 10.1 Å². The summed E-state index contributed by atoms with van der Waals surface area (Å²) in [4.78, 5) is 11.3. The van der Waals surface area contributed by atoms with Crippen LogP contribution in [0.4, 0.5) is 5.82 Å². The molecule has 1 aliphatic carbocycles. The lowest BCUT2D eigenvalue weighted by molar-refractivity contribution is 0.110. The maximum Gasteiger partial charge on any atom is 0.144 e. The molecular weight excluding hydrogens is 252 g/mol. The highest BCUT2D eigenvalue weighted by atomic mass is 16.5. The van der Waals surface area contributed by atoms with Gasteiger partial charge in [0.2, 0.25) is 0 Å². The summed E-state index contributed by atoms with van der Waals surface area (Å²) in [5.41, 5.74) is 1.02. The molecule has 1 atom stereocenters. The molecular formula is C15H26N4O. The van der Waals surface area contributed by atoms with Crippen LogP contribution in [0.25, 0.3) is 0 Å². The van der Waals surface area contributed by atoms with Gasteiger partial charge in [-0.05, 0) is 32.6 Å². The molecule has 0 radical (unpaired) electrons. The van der Waals surface area contributed by atoms with Crippen LogP contribution in [0.5, 0.6) is 0 Å². The Labute approximate surface area is 121 Å². The lowest BCUT2D eigenvalue weighted by Gasteiger charge is -2.28. The number of methoxy groups -OCH3 is 1. The molecule has 0 amide bonds. The molecule has 5 nitrogen and oxygen atoms in total. The van der Waals surface area contributed by atoms with Crippen LogP contribution in [0, 0.1) is 5.92 Å². The van der Waals surface area contributed by atoms with E-state index in [1.54, 1.807) is 7.11 Å². The first-order valence-corrected chi connectivity index (χ1v) is 7.52. The summed E-state index contributed by atoms with van der Waals surface area (Å²) in [5.74, 6) is 1.69. The molecule has 1 N–H and O–H groups in total. The number of aromatic nitrogens is 2. The Morgan fingerprint density at radius 3 is 2.75 bits per heavy atom. The summed E-state index contributed by atoms with van der Waals surface area (Å²) in [6, 6.07) is 0.598. The Bertz CT molecular complexity index is 391. The fraction of sp³-hybridized carbons (Fsp3) is 0.733. The summed E-state index contributed by atoms with van der Waals surface area (Å²) in [6.45, 7) is 7.80. The molecule has 0 aromatic carbocycles. The monoisotopic (exact) mass is 278 g/mol. The van der Waals surface area contributed by atoms with E-state index in [1.807, 2.05) is 12.4 Å². The van der Waals surface area contributed by atoms with E-state index in [-0.39, 0.29) is 0 Å². The predicted molar refractivity (Wildman–Crippen MR) is 80.7 cm³/mol. The first kappa shape index (κ1) is 15.2. The molecule has 2 rings (SSSR count). The highest BCUT2D eigenvalue weighted by Gasteiger charge is 2.31. The maximum absolute atomic E-state index is 5.22. The lowest BCUT2D eigenvalue weighted by atomic mass is 10.1. The zero-order chi connectivity index (χ0) is 14.4. The van der Waals surface area contributed by atoms with E-state index in [4.69, 9.17) is 4.74 Å². The van der Waals surface area contributed by atoms with Gasteiger partial charge in [-0.3, -0.25) is 9.88 Å². The Hall–Kier alpha value is -1.20. The lowest BCUT2D eigenvalue weighted by Crippen LogP contribution is -2.36.